The molecule has 0 radical (unpaired) electrons. The van der Waals surface area contributed by atoms with E-state index >= 15 is 0 Å². The summed E-state index contributed by atoms with van der Waals surface area (Å²) in [5.41, 5.74) is -0.527. The summed E-state index contributed by atoms with van der Waals surface area (Å²) in [6.45, 7) is 4.07. The lowest BCUT2D eigenvalue weighted by Crippen LogP contribution is -2.58. The van der Waals surface area contributed by atoms with Crippen LogP contribution in [0.1, 0.15) is 45.4 Å². The van der Waals surface area contributed by atoms with Gasteiger partial charge < -0.3 is 5.11 Å². The average Bonchev–Trinajstić information content (AvgIpc) is 2.62. The van der Waals surface area contributed by atoms with Crippen LogP contribution in [-0.4, -0.2) is 34.6 Å². The molecule has 2 fully saturated rings. The van der Waals surface area contributed by atoms with Crippen LogP contribution >= 0.6 is 0 Å². The lowest BCUT2D eigenvalue weighted by molar-refractivity contribution is -0.155. The van der Waals surface area contributed by atoms with Crippen molar-refractivity contribution in [3.05, 3.63) is 0 Å². The van der Waals surface area contributed by atoms with Gasteiger partial charge in [0.25, 0.3) is 0 Å². The summed E-state index contributed by atoms with van der Waals surface area (Å²) in [4.78, 5) is 13.8. The highest BCUT2D eigenvalue weighted by molar-refractivity contribution is 5.79. The van der Waals surface area contributed by atoms with Crippen LogP contribution < -0.4 is 0 Å². The van der Waals surface area contributed by atoms with Gasteiger partial charge in [-0.05, 0) is 44.7 Å². The molecule has 1 saturated carbocycles. The molecular weight excluding hydrogens is 190 g/mol. The largest absolute Gasteiger partial charge is 0.480 e. The molecule has 2 aliphatic rings. The number of carbonyl (C=O) groups is 1. The molecule has 1 aliphatic heterocycles. The minimum absolute atomic E-state index is 0.313. The van der Waals surface area contributed by atoms with Crippen molar-refractivity contribution in [1.29, 1.82) is 0 Å². The highest BCUT2D eigenvalue weighted by atomic mass is 16.4. The van der Waals surface area contributed by atoms with Crippen molar-refractivity contribution in [3.63, 3.8) is 0 Å². The van der Waals surface area contributed by atoms with Crippen LogP contribution in [0.3, 0.4) is 0 Å². The Morgan fingerprint density at radius 2 is 1.93 bits per heavy atom. The molecule has 0 bridgehead atoms. The van der Waals surface area contributed by atoms with E-state index in [1.165, 1.54) is 19.3 Å². The molecule has 2 rings (SSSR count). The standard InChI is InChI=1S/C12H21NO2/c1-10-6-5-7-12(10,11(14)15)13-8-3-2-4-9-13/h10H,2-9H2,1H3,(H,14,15). The predicted molar refractivity (Wildman–Crippen MR) is 58.8 cm³/mol. The molecule has 15 heavy (non-hydrogen) atoms. The van der Waals surface area contributed by atoms with Crippen molar-refractivity contribution >= 4 is 5.97 Å². The average molecular weight is 211 g/mol. The molecule has 3 nitrogen and oxygen atoms in total. The molecule has 1 heterocycles. The van der Waals surface area contributed by atoms with Crippen molar-refractivity contribution in [2.75, 3.05) is 13.1 Å². The molecule has 1 N–H and O–H groups in total. The second-order valence-electron chi connectivity index (χ2n) is 5.07. The minimum Gasteiger partial charge on any atom is -0.480 e. The van der Waals surface area contributed by atoms with Gasteiger partial charge in [0.2, 0.25) is 0 Å². The fourth-order valence-corrected chi connectivity index (χ4v) is 3.38. The topological polar surface area (TPSA) is 40.5 Å². The molecule has 3 heteroatoms. The highest BCUT2D eigenvalue weighted by Crippen LogP contribution is 2.41. The molecule has 0 spiro atoms. The normalized spacial score (nSPS) is 38.1. The van der Waals surface area contributed by atoms with Crippen LogP contribution in [0.2, 0.25) is 0 Å². The number of carboxylic acid groups (broad SMARTS) is 1. The molecule has 1 aliphatic carbocycles. The van der Waals surface area contributed by atoms with Crippen molar-refractivity contribution in [2.24, 2.45) is 5.92 Å². The summed E-state index contributed by atoms with van der Waals surface area (Å²) >= 11 is 0. The number of piperidine rings is 1. The fraction of sp³-hybridized carbons (Fsp3) is 0.917. The van der Waals surface area contributed by atoms with Gasteiger partial charge in [-0.1, -0.05) is 19.8 Å². The number of likely N-dealkylation sites (tertiary alicyclic amines) is 1. The van der Waals surface area contributed by atoms with Gasteiger partial charge in [0.15, 0.2) is 0 Å². The van der Waals surface area contributed by atoms with Gasteiger partial charge in [-0.15, -0.1) is 0 Å². The molecule has 0 amide bonds. The third kappa shape index (κ3) is 1.67. The van der Waals surface area contributed by atoms with Crippen molar-refractivity contribution < 1.29 is 9.90 Å². The summed E-state index contributed by atoms with van der Waals surface area (Å²) in [5, 5.41) is 9.54. The zero-order valence-electron chi connectivity index (χ0n) is 9.54. The molecule has 0 aromatic heterocycles. The molecule has 0 aromatic rings. The smallest absolute Gasteiger partial charge is 0.324 e. The molecule has 0 aromatic carbocycles. The molecule has 86 valence electrons. The van der Waals surface area contributed by atoms with E-state index < -0.39 is 11.5 Å². The van der Waals surface area contributed by atoms with Crippen molar-refractivity contribution in [3.8, 4) is 0 Å². The minimum atomic E-state index is -0.589. The lowest BCUT2D eigenvalue weighted by Gasteiger charge is -2.43. The van der Waals surface area contributed by atoms with Crippen molar-refractivity contribution in [2.45, 2.75) is 51.0 Å². The summed E-state index contributed by atoms with van der Waals surface area (Å²) < 4.78 is 0. The van der Waals surface area contributed by atoms with Gasteiger partial charge in [-0.3, -0.25) is 9.69 Å². The first kappa shape index (κ1) is 10.9. The van der Waals surface area contributed by atoms with E-state index in [9.17, 15) is 9.90 Å². The number of hydrogen-bond donors (Lipinski definition) is 1. The van der Waals surface area contributed by atoms with E-state index in [1.54, 1.807) is 0 Å². The Morgan fingerprint density at radius 1 is 1.27 bits per heavy atom. The van der Waals surface area contributed by atoms with E-state index in [-0.39, 0.29) is 0 Å². The Hall–Kier alpha value is -0.570. The summed E-state index contributed by atoms with van der Waals surface area (Å²) in [5.74, 6) is -0.275. The van der Waals surface area contributed by atoms with Gasteiger partial charge in [-0.25, -0.2) is 0 Å². The third-order valence-corrected chi connectivity index (χ3v) is 4.30. The van der Waals surface area contributed by atoms with Gasteiger partial charge >= 0.3 is 5.97 Å². The van der Waals surface area contributed by atoms with E-state index in [2.05, 4.69) is 11.8 Å². The Morgan fingerprint density at radius 3 is 2.40 bits per heavy atom. The first-order valence-electron chi connectivity index (χ1n) is 6.16. The number of nitrogens with zero attached hydrogens (tertiary/aromatic N) is 1. The van der Waals surface area contributed by atoms with E-state index in [1.807, 2.05) is 0 Å². The Balaban J connectivity index is 2.21. The van der Waals surface area contributed by atoms with Crippen LogP contribution in [0.25, 0.3) is 0 Å². The third-order valence-electron chi connectivity index (χ3n) is 4.30. The van der Waals surface area contributed by atoms with Crippen LogP contribution in [0, 0.1) is 5.92 Å². The van der Waals surface area contributed by atoms with E-state index in [0.717, 1.165) is 32.4 Å². The van der Waals surface area contributed by atoms with E-state index in [0.29, 0.717) is 5.92 Å². The fourth-order valence-electron chi connectivity index (χ4n) is 3.38. The second kappa shape index (κ2) is 4.12. The highest BCUT2D eigenvalue weighted by Gasteiger charge is 2.51. The maximum absolute atomic E-state index is 11.6. The first-order chi connectivity index (χ1) is 7.18. The lowest BCUT2D eigenvalue weighted by atomic mass is 9.85. The predicted octanol–water partition coefficient (Wildman–Crippen LogP) is 2.12. The number of carboxylic acids is 1. The number of hydrogen-bond acceptors (Lipinski definition) is 2. The Bertz CT molecular complexity index is 248. The molecular formula is C12H21NO2. The summed E-state index contributed by atoms with van der Waals surface area (Å²) in [7, 11) is 0. The zero-order chi connectivity index (χ0) is 10.9. The first-order valence-corrected chi connectivity index (χ1v) is 6.16. The monoisotopic (exact) mass is 211 g/mol. The maximum Gasteiger partial charge on any atom is 0.324 e. The molecule has 1 saturated heterocycles. The molecule has 2 unspecified atom stereocenters. The van der Waals surface area contributed by atoms with Crippen molar-refractivity contribution in [1.82, 2.24) is 4.90 Å². The van der Waals surface area contributed by atoms with Gasteiger partial charge in [0.1, 0.15) is 5.54 Å². The quantitative estimate of drug-likeness (QED) is 0.760. The van der Waals surface area contributed by atoms with E-state index in [4.69, 9.17) is 0 Å². The Kier molecular flexibility index (Phi) is 3.01. The summed E-state index contributed by atoms with van der Waals surface area (Å²) in [6, 6.07) is 0. The summed E-state index contributed by atoms with van der Waals surface area (Å²) in [6.07, 6.45) is 6.60. The second-order valence-corrected chi connectivity index (χ2v) is 5.07. The maximum atomic E-state index is 11.6. The van der Waals surface area contributed by atoms with Crippen LogP contribution in [0.5, 0.6) is 0 Å². The van der Waals surface area contributed by atoms with Crippen LogP contribution in [-0.2, 0) is 4.79 Å². The number of aliphatic carboxylic acids is 1. The molecule has 2 atom stereocenters. The van der Waals surface area contributed by atoms with Crippen LogP contribution in [0.4, 0.5) is 0 Å². The number of rotatable bonds is 2. The van der Waals surface area contributed by atoms with Crippen LogP contribution in [0.15, 0.2) is 0 Å². The Labute approximate surface area is 91.5 Å². The zero-order valence-corrected chi connectivity index (χ0v) is 9.54. The van der Waals surface area contributed by atoms with Gasteiger partial charge in [0.05, 0.1) is 0 Å². The SMILES string of the molecule is CC1CCCC1(C(=O)O)N1CCCCC1. The van der Waals surface area contributed by atoms with Gasteiger partial charge in [-0.2, -0.15) is 0 Å². The van der Waals surface area contributed by atoms with Gasteiger partial charge in [0, 0.05) is 0 Å².